The molecule has 7 aromatic carbocycles. The van der Waals surface area contributed by atoms with Crippen molar-refractivity contribution in [1.82, 2.24) is 4.90 Å². The zero-order valence-electron chi connectivity index (χ0n) is 33.3. The molecule has 0 saturated heterocycles. The number of phenols is 1. The normalized spacial score (nSPS) is 13.9. The van der Waals surface area contributed by atoms with Gasteiger partial charge in [0.15, 0.2) is 0 Å². The number of methoxy groups -OCH3 is 2. The molecule has 0 aliphatic carbocycles. The van der Waals surface area contributed by atoms with Gasteiger partial charge >= 0.3 is 0 Å². The first-order chi connectivity index (χ1) is 29.2. The Morgan fingerprint density at radius 2 is 0.783 bits per heavy atom. The molecule has 60 heavy (non-hydrogen) atoms. The minimum Gasteiger partial charge on any atom is -0.508 e. The molecular formula is C51H45NO8. The highest BCUT2D eigenvalue weighted by Crippen LogP contribution is 2.39. The van der Waals surface area contributed by atoms with Crippen LogP contribution >= 0.6 is 0 Å². The van der Waals surface area contributed by atoms with Gasteiger partial charge in [-0.05, 0) is 100 Å². The summed E-state index contributed by atoms with van der Waals surface area (Å²) in [5, 5.41) is 33.1. The van der Waals surface area contributed by atoms with Crippen molar-refractivity contribution in [3.05, 3.63) is 226 Å². The molecule has 2 unspecified atom stereocenters. The number of rotatable bonds is 13. The van der Waals surface area contributed by atoms with E-state index >= 15 is 0 Å². The van der Waals surface area contributed by atoms with Crippen molar-refractivity contribution in [3.8, 4) is 23.0 Å². The fourth-order valence-corrected chi connectivity index (χ4v) is 7.37. The lowest BCUT2D eigenvalue weighted by molar-refractivity contribution is 0.0646. The first-order valence-corrected chi connectivity index (χ1v) is 19.5. The minimum atomic E-state index is -1.36. The average molecular weight is 800 g/mol. The van der Waals surface area contributed by atoms with E-state index in [0.717, 1.165) is 22.4 Å². The summed E-state index contributed by atoms with van der Waals surface area (Å²) in [4.78, 5) is 26.3. The highest BCUT2D eigenvalue weighted by molar-refractivity contribution is 6.21. The van der Waals surface area contributed by atoms with E-state index in [-0.39, 0.29) is 24.1 Å². The van der Waals surface area contributed by atoms with Gasteiger partial charge in [-0.25, -0.2) is 0 Å². The van der Waals surface area contributed by atoms with E-state index in [9.17, 15) is 24.9 Å². The molecular weight excluding hydrogens is 755 g/mol. The van der Waals surface area contributed by atoms with Gasteiger partial charge in [-0.1, -0.05) is 121 Å². The Balaban J connectivity index is 0.000000203. The number of hydrogen-bond donors (Lipinski definition) is 3. The number of carbonyl (C=O) groups is 2. The van der Waals surface area contributed by atoms with Crippen LogP contribution in [0, 0.1) is 0 Å². The van der Waals surface area contributed by atoms with Gasteiger partial charge in [-0.2, -0.15) is 0 Å². The van der Waals surface area contributed by atoms with Gasteiger partial charge in [0, 0.05) is 6.54 Å². The highest BCUT2D eigenvalue weighted by Gasteiger charge is 2.36. The second kappa shape index (κ2) is 18.2. The molecule has 8 rings (SSSR count). The number of hydrogen-bond acceptors (Lipinski definition) is 8. The highest BCUT2D eigenvalue weighted by atomic mass is 16.5. The summed E-state index contributed by atoms with van der Waals surface area (Å²) < 4.78 is 16.3. The molecule has 1 heterocycles. The van der Waals surface area contributed by atoms with Crippen molar-refractivity contribution in [3.63, 3.8) is 0 Å². The standard InChI is InChI=1S/C31H27NO5.C20H18O3/c1-36-25-16-12-23(13-17-25)31(35,22-8-3-2-4-9-22)24-14-18-26(19-15-24)37-21-7-20-32-29(33)27-10-5-6-11-28(27)30(32)34;1-23-19-13-9-17(10-14-19)20(22,15-5-3-2-4-6-15)16-7-11-18(21)12-8-16/h2-6,8-19,35H,7,20-21H2,1H3;2-14,21-22H,1H3. The fourth-order valence-electron chi connectivity index (χ4n) is 7.37. The summed E-state index contributed by atoms with van der Waals surface area (Å²) in [7, 11) is 3.22. The van der Waals surface area contributed by atoms with Gasteiger partial charge in [0.25, 0.3) is 11.8 Å². The topological polar surface area (TPSA) is 126 Å². The molecule has 3 N–H and O–H groups in total. The average Bonchev–Trinajstić information content (AvgIpc) is 3.56. The predicted molar refractivity (Wildman–Crippen MR) is 230 cm³/mol. The number of ether oxygens (including phenoxy) is 3. The number of aliphatic hydroxyl groups is 2. The van der Waals surface area contributed by atoms with Crippen LogP contribution in [-0.2, 0) is 11.2 Å². The first-order valence-electron chi connectivity index (χ1n) is 19.5. The van der Waals surface area contributed by atoms with Crippen LogP contribution in [0.2, 0.25) is 0 Å². The lowest BCUT2D eigenvalue weighted by Gasteiger charge is -2.30. The number of nitrogens with zero attached hydrogens (tertiary/aromatic N) is 1. The van der Waals surface area contributed by atoms with Crippen molar-refractivity contribution in [1.29, 1.82) is 0 Å². The quantitative estimate of drug-likeness (QED) is 0.0601. The van der Waals surface area contributed by atoms with Crippen LogP contribution in [-0.4, -0.2) is 59.4 Å². The van der Waals surface area contributed by atoms with Crippen LogP contribution in [0.3, 0.4) is 0 Å². The summed E-state index contributed by atoms with van der Waals surface area (Å²) in [5.41, 5.74) is 2.57. The second-order valence-electron chi connectivity index (χ2n) is 14.2. The van der Waals surface area contributed by atoms with E-state index in [1.54, 1.807) is 62.8 Å². The van der Waals surface area contributed by atoms with Gasteiger partial charge in [-0.15, -0.1) is 0 Å². The van der Waals surface area contributed by atoms with Gasteiger partial charge in [0.05, 0.1) is 32.0 Å². The Morgan fingerprint density at radius 1 is 0.450 bits per heavy atom. The molecule has 0 spiro atoms. The Kier molecular flexibility index (Phi) is 12.4. The predicted octanol–water partition coefficient (Wildman–Crippen LogP) is 8.73. The number of benzene rings is 7. The molecule has 2 atom stereocenters. The van der Waals surface area contributed by atoms with Crippen molar-refractivity contribution in [2.45, 2.75) is 17.6 Å². The number of amides is 2. The molecule has 9 nitrogen and oxygen atoms in total. The SMILES string of the molecule is COc1ccc(C(O)(c2ccccc2)c2ccc(O)cc2)cc1.COc1ccc(C(O)(c2ccccc2)c2ccc(OCCCN3C(=O)c4ccccc4C3=O)cc2)cc1. The third-order valence-corrected chi connectivity index (χ3v) is 10.6. The van der Waals surface area contributed by atoms with E-state index in [4.69, 9.17) is 14.2 Å². The molecule has 0 saturated carbocycles. The lowest BCUT2D eigenvalue weighted by Crippen LogP contribution is -2.31. The third kappa shape index (κ3) is 8.35. The summed E-state index contributed by atoms with van der Waals surface area (Å²) in [6.45, 7) is 0.629. The summed E-state index contributed by atoms with van der Waals surface area (Å²) in [6.07, 6.45) is 0.507. The Bertz CT molecular complexity index is 2470. The van der Waals surface area contributed by atoms with Crippen molar-refractivity contribution >= 4 is 11.8 Å². The largest absolute Gasteiger partial charge is 0.508 e. The van der Waals surface area contributed by atoms with Gasteiger partial charge in [-0.3, -0.25) is 14.5 Å². The molecule has 302 valence electrons. The summed E-state index contributed by atoms with van der Waals surface area (Å²) in [6, 6.07) is 54.5. The number of imide groups is 1. The van der Waals surface area contributed by atoms with E-state index < -0.39 is 11.2 Å². The monoisotopic (exact) mass is 799 g/mol. The molecule has 7 aromatic rings. The van der Waals surface area contributed by atoms with Gasteiger partial charge in [0.1, 0.15) is 34.2 Å². The van der Waals surface area contributed by atoms with Crippen LogP contribution < -0.4 is 14.2 Å². The molecule has 0 fully saturated rings. The fraction of sp³-hybridized carbons (Fsp3) is 0.137. The van der Waals surface area contributed by atoms with E-state index in [0.29, 0.717) is 52.3 Å². The van der Waals surface area contributed by atoms with Crippen molar-refractivity contribution < 1.29 is 39.1 Å². The maximum Gasteiger partial charge on any atom is 0.261 e. The first kappa shape index (κ1) is 41.0. The van der Waals surface area contributed by atoms with Gasteiger partial charge < -0.3 is 29.5 Å². The van der Waals surface area contributed by atoms with E-state index in [1.165, 1.54) is 4.90 Å². The molecule has 1 aliphatic rings. The number of phenolic OH excluding ortho intramolecular Hbond substituents is 1. The van der Waals surface area contributed by atoms with Crippen molar-refractivity contribution in [2.75, 3.05) is 27.4 Å². The van der Waals surface area contributed by atoms with Crippen LogP contribution in [0.25, 0.3) is 0 Å². The van der Waals surface area contributed by atoms with Gasteiger partial charge in [0.2, 0.25) is 0 Å². The van der Waals surface area contributed by atoms with Crippen LogP contribution in [0.4, 0.5) is 0 Å². The number of aromatic hydroxyl groups is 1. The Morgan fingerprint density at radius 3 is 1.17 bits per heavy atom. The summed E-state index contributed by atoms with van der Waals surface area (Å²) in [5.74, 6) is 1.72. The molecule has 9 heteroatoms. The maximum absolute atomic E-state index is 12.5. The van der Waals surface area contributed by atoms with Crippen LogP contribution in [0.15, 0.2) is 182 Å². The van der Waals surface area contributed by atoms with Crippen LogP contribution in [0.5, 0.6) is 23.0 Å². The number of carbonyl (C=O) groups excluding carboxylic acids is 2. The van der Waals surface area contributed by atoms with Crippen LogP contribution in [0.1, 0.15) is 60.5 Å². The van der Waals surface area contributed by atoms with E-state index in [1.807, 2.05) is 133 Å². The molecule has 2 amide bonds. The second-order valence-corrected chi connectivity index (χ2v) is 14.2. The maximum atomic E-state index is 12.5. The molecule has 1 aliphatic heterocycles. The lowest BCUT2D eigenvalue weighted by atomic mass is 9.80. The Labute approximate surface area is 349 Å². The smallest absolute Gasteiger partial charge is 0.261 e. The molecule has 0 aromatic heterocycles. The molecule has 0 bridgehead atoms. The zero-order valence-corrected chi connectivity index (χ0v) is 33.3. The minimum absolute atomic E-state index is 0.166. The molecule has 0 radical (unpaired) electrons. The number of fused-ring (bicyclic) bond motifs is 1. The zero-order chi connectivity index (χ0) is 42.1. The third-order valence-electron chi connectivity index (χ3n) is 10.6. The van der Waals surface area contributed by atoms with E-state index in [2.05, 4.69) is 0 Å². The Hall–Kier alpha value is -7.20. The summed E-state index contributed by atoms with van der Waals surface area (Å²) >= 11 is 0. The van der Waals surface area contributed by atoms with Crippen molar-refractivity contribution in [2.24, 2.45) is 0 Å².